The van der Waals surface area contributed by atoms with Crippen LogP contribution in [0.15, 0.2) is 42.5 Å². The Morgan fingerprint density at radius 2 is 1.79 bits per heavy atom. The van der Waals surface area contributed by atoms with Crippen molar-refractivity contribution in [1.29, 1.82) is 0 Å². The number of hydrogen-bond acceptors (Lipinski definition) is 4. The lowest BCUT2D eigenvalue weighted by Crippen LogP contribution is -2.47. The number of carbonyl (C=O) groups excluding carboxylic acids is 2. The van der Waals surface area contributed by atoms with Gasteiger partial charge in [0.25, 0.3) is 0 Å². The molecular formula is C25H34ClN3O4S. The fourth-order valence-corrected chi connectivity index (χ4v) is 4.95. The molecule has 0 aliphatic heterocycles. The zero-order valence-electron chi connectivity index (χ0n) is 20.5. The molecule has 0 aromatic heterocycles. The SMILES string of the molecule is CCNC(=O)C(C)N(Cc1cccc(Cl)c1)C(=O)CCCN(c1cccc(C)c1C)S(C)(=O)=O. The number of halogens is 1. The number of likely N-dealkylation sites (N-methyl/N-ethyl adjacent to an activating group) is 1. The molecule has 0 aliphatic carbocycles. The molecule has 2 rings (SSSR count). The number of rotatable bonds is 11. The monoisotopic (exact) mass is 507 g/mol. The van der Waals surface area contributed by atoms with E-state index < -0.39 is 16.1 Å². The van der Waals surface area contributed by atoms with Gasteiger partial charge in [-0.1, -0.05) is 35.9 Å². The maximum absolute atomic E-state index is 13.2. The number of hydrogen-bond donors (Lipinski definition) is 1. The van der Waals surface area contributed by atoms with Crippen molar-refractivity contribution < 1.29 is 18.0 Å². The van der Waals surface area contributed by atoms with Crippen LogP contribution in [-0.4, -0.2) is 50.5 Å². The molecule has 9 heteroatoms. The van der Waals surface area contributed by atoms with E-state index in [0.29, 0.717) is 23.7 Å². The summed E-state index contributed by atoms with van der Waals surface area (Å²) in [7, 11) is -3.54. The van der Waals surface area contributed by atoms with Crippen LogP contribution >= 0.6 is 11.6 Å². The Labute approximate surface area is 208 Å². The van der Waals surface area contributed by atoms with Gasteiger partial charge < -0.3 is 10.2 Å². The van der Waals surface area contributed by atoms with E-state index >= 15 is 0 Å². The van der Waals surface area contributed by atoms with Crippen LogP contribution in [0.3, 0.4) is 0 Å². The van der Waals surface area contributed by atoms with Crippen LogP contribution in [-0.2, 0) is 26.2 Å². The first-order chi connectivity index (χ1) is 16.0. The van der Waals surface area contributed by atoms with Crippen LogP contribution in [0.4, 0.5) is 5.69 Å². The zero-order chi connectivity index (χ0) is 25.5. The lowest BCUT2D eigenvalue weighted by molar-refractivity contribution is -0.140. The van der Waals surface area contributed by atoms with Crippen LogP contribution in [0.25, 0.3) is 0 Å². The highest BCUT2D eigenvalue weighted by Gasteiger charge is 2.26. The first-order valence-corrected chi connectivity index (χ1v) is 13.5. The molecule has 1 N–H and O–H groups in total. The van der Waals surface area contributed by atoms with Gasteiger partial charge in [0, 0.05) is 31.1 Å². The van der Waals surface area contributed by atoms with Gasteiger partial charge in [0.1, 0.15) is 6.04 Å². The van der Waals surface area contributed by atoms with Crippen LogP contribution in [0, 0.1) is 13.8 Å². The minimum absolute atomic E-state index is 0.0984. The lowest BCUT2D eigenvalue weighted by Gasteiger charge is -2.29. The lowest BCUT2D eigenvalue weighted by atomic mass is 10.1. The van der Waals surface area contributed by atoms with Crippen LogP contribution < -0.4 is 9.62 Å². The number of amides is 2. The van der Waals surface area contributed by atoms with Gasteiger partial charge in [0.2, 0.25) is 21.8 Å². The minimum atomic E-state index is -3.54. The number of carbonyl (C=O) groups is 2. The molecular weight excluding hydrogens is 474 g/mol. The summed E-state index contributed by atoms with van der Waals surface area (Å²) in [5, 5.41) is 3.31. The summed E-state index contributed by atoms with van der Waals surface area (Å²) >= 11 is 6.10. The van der Waals surface area contributed by atoms with Crippen molar-refractivity contribution in [3.05, 3.63) is 64.2 Å². The Hall–Kier alpha value is -2.58. The van der Waals surface area contributed by atoms with Gasteiger partial charge in [-0.25, -0.2) is 8.42 Å². The van der Waals surface area contributed by atoms with Crippen molar-refractivity contribution in [1.82, 2.24) is 10.2 Å². The number of nitrogens with zero attached hydrogens (tertiary/aromatic N) is 2. The molecule has 0 bridgehead atoms. The Morgan fingerprint density at radius 3 is 2.41 bits per heavy atom. The van der Waals surface area contributed by atoms with E-state index in [2.05, 4.69) is 5.32 Å². The molecule has 2 aromatic carbocycles. The van der Waals surface area contributed by atoms with Crippen molar-refractivity contribution >= 4 is 39.1 Å². The third-order valence-corrected chi connectivity index (χ3v) is 7.17. The first kappa shape index (κ1) is 27.7. The van der Waals surface area contributed by atoms with E-state index in [-0.39, 0.29) is 31.3 Å². The van der Waals surface area contributed by atoms with Gasteiger partial charge in [-0.15, -0.1) is 0 Å². The maximum Gasteiger partial charge on any atom is 0.242 e. The fraction of sp³-hybridized carbons (Fsp3) is 0.440. The third kappa shape index (κ3) is 7.46. The molecule has 1 atom stereocenters. The number of anilines is 1. The summed E-state index contributed by atoms with van der Waals surface area (Å²) in [6.07, 6.45) is 1.58. The van der Waals surface area contributed by atoms with Crippen molar-refractivity contribution in [2.45, 2.75) is 53.1 Å². The highest BCUT2D eigenvalue weighted by Crippen LogP contribution is 2.25. The first-order valence-electron chi connectivity index (χ1n) is 11.3. The maximum atomic E-state index is 13.2. The second-order valence-corrected chi connectivity index (χ2v) is 10.7. The molecule has 34 heavy (non-hydrogen) atoms. The van der Waals surface area contributed by atoms with Gasteiger partial charge in [-0.05, 0) is 69.0 Å². The summed E-state index contributed by atoms with van der Waals surface area (Å²) in [5.74, 6) is -0.473. The van der Waals surface area contributed by atoms with Gasteiger partial charge in [-0.3, -0.25) is 13.9 Å². The molecule has 0 radical (unpaired) electrons. The largest absolute Gasteiger partial charge is 0.355 e. The number of sulfonamides is 1. The molecule has 186 valence electrons. The standard InChI is InChI=1S/C25H34ClN3O4S/c1-6-27-25(31)20(4)28(17-21-11-8-12-22(26)16-21)24(30)14-9-15-29(34(5,32)33)23-13-7-10-18(2)19(23)3/h7-8,10-13,16,20H,6,9,14-15,17H2,1-5H3,(H,27,31). The van der Waals surface area contributed by atoms with E-state index in [1.165, 1.54) is 15.5 Å². The van der Waals surface area contributed by atoms with Crippen LogP contribution in [0.1, 0.15) is 43.4 Å². The van der Waals surface area contributed by atoms with Crippen molar-refractivity contribution in [2.24, 2.45) is 0 Å². The Morgan fingerprint density at radius 1 is 1.12 bits per heavy atom. The smallest absolute Gasteiger partial charge is 0.242 e. The Bertz CT molecular complexity index is 1120. The van der Waals surface area contributed by atoms with Crippen molar-refractivity contribution in [3.8, 4) is 0 Å². The summed E-state index contributed by atoms with van der Waals surface area (Å²) in [6, 6.07) is 12.0. The molecule has 0 heterocycles. The number of benzene rings is 2. The van der Waals surface area contributed by atoms with Crippen LogP contribution in [0.5, 0.6) is 0 Å². The van der Waals surface area contributed by atoms with E-state index in [4.69, 9.17) is 11.6 Å². The van der Waals surface area contributed by atoms with Crippen molar-refractivity contribution in [2.75, 3.05) is 23.7 Å². The normalized spacial score (nSPS) is 12.2. The van der Waals surface area contributed by atoms with E-state index in [1.807, 2.05) is 39.0 Å². The fourth-order valence-electron chi connectivity index (χ4n) is 3.72. The van der Waals surface area contributed by atoms with E-state index in [9.17, 15) is 18.0 Å². The van der Waals surface area contributed by atoms with Gasteiger partial charge >= 0.3 is 0 Å². The second kappa shape index (κ2) is 12.2. The molecule has 2 amide bonds. The predicted octanol–water partition coefficient (Wildman–Crippen LogP) is 4.06. The topological polar surface area (TPSA) is 86.8 Å². The summed E-state index contributed by atoms with van der Waals surface area (Å²) < 4.78 is 26.4. The molecule has 0 aliphatic rings. The third-order valence-electron chi connectivity index (χ3n) is 5.76. The molecule has 0 saturated carbocycles. The average Bonchev–Trinajstić information content (AvgIpc) is 2.76. The quantitative estimate of drug-likeness (QED) is 0.497. The predicted molar refractivity (Wildman–Crippen MR) is 137 cm³/mol. The number of nitrogens with one attached hydrogen (secondary N) is 1. The second-order valence-electron chi connectivity index (χ2n) is 8.38. The van der Waals surface area contributed by atoms with Crippen LogP contribution in [0.2, 0.25) is 5.02 Å². The Kier molecular flexibility index (Phi) is 9.94. The van der Waals surface area contributed by atoms with Gasteiger partial charge in [0.15, 0.2) is 0 Å². The molecule has 1 unspecified atom stereocenters. The van der Waals surface area contributed by atoms with Gasteiger partial charge in [0.05, 0.1) is 11.9 Å². The van der Waals surface area contributed by atoms with Gasteiger partial charge in [-0.2, -0.15) is 0 Å². The molecule has 0 spiro atoms. The molecule has 2 aromatic rings. The van der Waals surface area contributed by atoms with Crippen molar-refractivity contribution in [3.63, 3.8) is 0 Å². The zero-order valence-corrected chi connectivity index (χ0v) is 22.0. The average molecular weight is 508 g/mol. The van der Waals surface area contributed by atoms with E-state index in [0.717, 1.165) is 16.7 Å². The summed E-state index contributed by atoms with van der Waals surface area (Å²) in [4.78, 5) is 27.2. The number of aryl methyl sites for hydroxylation is 1. The highest BCUT2D eigenvalue weighted by molar-refractivity contribution is 7.92. The molecule has 7 nitrogen and oxygen atoms in total. The summed E-state index contributed by atoms with van der Waals surface area (Å²) in [6.45, 7) is 8.17. The Balaban J connectivity index is 2.19. The minimum Gasteiger partial charge on any atom is -0.355 e. The molecule has 0 fully saturated rings. The molecule has 0 saturated heterocycles. The van der Waals surface area contributed by atoms with E-state index in [1.54, 1.807) is 31.2 Å². The summed E-state index contributed by atoms with van der Waals surface area (Å²) in [5.41, 5.74) is 3.30. The highest BCUT2D eigenvalue weighted by atomic mass is 35.5.